The van der Waals surface area contributed by atoms with Gasteiger partial charge in [0.15, 0.2) is 0 Å². The summed E-state index contributed by atoms with van der Waals surface area (Å²) in [7, 11) is 0. The highest BCUT2D eigenvalue weighted by Gasteiger charge is 2.42. The SMILES string of the molecule is Nc1cc(C(=O)N2C3CCC2CC(O)C3)cc(Cl)n1. The molecule has 1 aromatic rings. The Morgan fingerprint density at radius 3 is 2.58 bits per heavy atom. The fourth-order valence-electron chi connectivity index (χ4n) is 3.27. The van der Waals surface area contributed by atoms with Gasteiger partial charge >= 0.3 is 0 Å². The maximum atomic E-state index is 12.6. The van der Waals surface area contributed by atoms with E-state index in [-0.39, 0.29) is 35.1 Å². The number of hydrogen-bond acceptors (Lipinski definition) is 4. The third-order valence-corrected chi connectivity index (χ3v) is 4.20. The first kappa shape index (κ1) is 12.7. The van der Waals surface area contributed by atoms with Crippen molar-refractivity contribution in [1.82, 2.24) is 9.88 Å². The normalized spacial score (nSPS) is 29.6. The van der Waals surface area contributed by atoms with Gasteiger partial charge in [0.25, 0.3) is 5.91 Å². The largest absolute Gasteiger partial charge is 0.393 e. The van der Waals surface area contributed by atoms with E-state index in [9.17, 15) is 9.90 Å². The summed E-state index contributed by atoms with van der Waals surface area (Å²) in [5, 5.41) is 9.99. The molecule has 5 nitrogen and oxygen atoms in total. The average Bonchev–Trinajstić information content (AvgIpc) is 2.59. The minimum Gasteiger partial charge on any atom is -0.393 e. The number of aliphatic hydroxyl groups is 1. The molecule has 0 aromatic carbocycles. The Balaban J connectivity index is 1.88. The highest BCUT2D eigenvalue weighted by molar-refractivity contribution is 6.29. The summed E-state index contributed by atoms with van der Waals surface area (Å²) in [4.78, 5) is 18.3. The Morgan fingerprint density at radius 1 is 1.37 bits per heavy atom. The van der Waals surface area contributed by atoms with Crippen LogP contribution in [0.1, 0.15) is 36.0 Å². The monoisotopic (exact) mass is 281 g/mol. The fraction of sp³-hybridized carbons (Fsp3) is 0.538. The van der Waals surface area contributed by atoms with Crippen LogP contribution in [0.3, 0.4) is 0 Å². The lowest BCUT2D eigenvalue weighted by Gasteiger charge is -2.37. The molecule has 19 heavy (non-hydrogen) atoms. The molecule has 2 aliphatic heterocycles. The van der Waals surface area contributed by atoms with E-state index in [1.165, 1.54) is 0 Å². The van der Waals surface area contributed by atoms with Gasteiger partial charge in [-0.15, -0.1) is 0 Å². The van der Waals surface area contributed by atoms with E-state index in [2.05, 4.69) is 4.98 Å². The predicted molar refractivity (Wildman–Crippen MR) is 71.9 cm³/mol. The van der Waals surface area contributed by atoms with Crippen molar-refractivity contribution in [1.29, 1.82) is 0 Å². The molecule has 2 fully saturated rings. The predicted octanol–water partition coefficient (Wildman–Crippen LogP) is 1.45. The number of pyridine rings is 1. The molecule has 3 rings (SSSR count). The van der Waals surface area contributed by atoms with Gasteiger partial charge in [-0.05, 0) is 37.8 Å². The minimum absolute atomic E-state index is 0.0598. The molecule has 1 amide bonds. The third kappa shape index (κ3) is 2.28. The lowest BCUT2D eigenvalue weighted by molar-refractivity contribution is 0.0287. The van der Waals surface area contributed by atoms with Crippen LogP contribution in [0.4, 0.5) is 5.82 Å². The third-order valence-electron chi connectivity index (χ3n) is 4.00. The number of nitrogens with two attached hydrogens (primary N) is 1. The first-order chi connectivity index (χ1) is 9.04. The molecule has 2 aliphatic rings. The molecule has 0 aliphatic carbocycles. The van der Waals surface area contributed by atoms with Crippen LogP contribution in [-0.4, -0.2) is 39.1 Å². The highest BCUT2D eigenvalue weighted by Crippen LogP contribution is 2.36. The number of anilines is 1. The summed E-state index contributed by atoms with van der Waals surface area (Å²) in [6, 6.07) is 3.37. The van der Waals surface area contributed by atoms with Crippen LogP contribution in [-0.2, 0) is 0 Å². The van der Waals surface area contributed by atoms with Gasteiger partial charge < -0.3 is 15.7 Å². The number of nitrogen functional groups attached to an aromatic ring is 1. The Hall–Kier alpha value is -1.33. The van der Waals surface area contributed by atoms with Gasteiger partial charge in [-0.3, -0.25) is 4.79 Å². The second kappa shape index (κ2) is 4.65. The van der Waals surface area contributed by atoms with Gasteiger partial charge in [0.1, 0.15) is 11.0 Å². The van der Waals surface area contributed by atoms with E-state index >= 15 is 0 Å². The molecule has 0 spiro atoms. The highest BCUT2D eigenvalue weighted by atomic mass is 35.5. The molecular weight excluding hydrogens is 266 g/mol. The number of amides is 1. The number of piperidine rings is 1. The quantitative estimate of drug-likeness (QED) is 0.764. The smallest absolute Gasteiger partial charge is 0.254 e. The van der Waals surface area contributed by atoms with Crippen LogP contribution in [0.5, 0.6) is 0 Å². The number of carbonyl (C=O) groups is 1. The number of fused-ring (bicyclic) bond motifs is 2. The van der Waals surface area contributed by atoms with E-state index in [0.717, 1.165) is 12.8 Å². The van der Waals surface area contributed by atoms with Gasteiger partial charge in [0.2, 0.25) is 0 Å². The Kier molecular flexibility index (Phi) is 3.11. The van der Waals surface area contributed by atoms with Crippen LogP contribution in [0.2, 0.25) is 5.15 Å². The number of rotatable bonds is 1. The molecule has 2 saturated heterocycles. The zero-order chi connectivity index (χ0) is 13.6. The standard InChI is InChI=1S/C13H16ClN3O2/c14-11-3-7(4-12(15)16-11)13(19)17-8-1-2-9(17)6-10(18)5-8/h3-4,8-10,18H,1-2,5-6H2,(H2,15,16). The zero-order valence-electron chi connectivity index (χ0n) is 10.4. The Bertz CT molecular complexity index is 488. The number of halogens is 1. The van der Waals surface area contributed by atoms with Crippen molar-refractivity contribution in [3.05, 3.63) is 22.8 Å². The van der Waals surface area contributed by atoms with Crippen molar-refractivity contribution in [2.75, 3.05) is 5.73 Å². The van der Waals surface area contributed by atoms with E-state index in [4.69, 9.17) is 17.3 Å². The molecular formula is C13H16ClN3O2. The number of nitrogens with zero attached hydrogens (tertiary/aromatic N) is 2. The van der Waals surface area contributed by atoms with E-state index in [1.807, 2.05) is 4.90 Å². The summed E-state index contributed by atoms with van der Waals surface area (Å²) >= 11 is 5.84. The molecule has 0 radical (unpaired) electrons. The summed E-state index contributed by atoms with van der Waals surface area (Å²) < 4.78 is 0. The van der Waals surface area contributed by atoms with Crippen molar-refractivity contribution in [3.63, 3.8) is 0 Å². The topological polar surface area (TPSA) is 79.5 Å². The molecule has 102 valence electrons. The molecule has 3 N–H and O–H groups in total. The first-order valence-corrected chi connectivity index (χ1v) is 6.86. The number of hydrogen-bond donors (Lipinski definition) is 2. The average molecular weight is 282 g/mol. The number of aliphatic hydroxyl groups excluding tert-OH is 1. The van der Waals surface area contributed by atoms with Crippen molar-refractivity contribution in [3.8, 4) is 0 Å². The van der Waals surface area contributed by atoms with E-state index in [0.29, 0.717) is 18.4 Å². The lowest BCUT2D eigenvalue weighted by atomic mass is 9.99. The van der Waals surface area contributed by atoms with Crippen LogP contribution in [0.15, 0.2) is 12.1 Å². The van der Waals surface area contributed by atoms with Crippen LogP contribution in [0, 0.1) is 0 Å². The Labute approximate surface area is 116 Å². The molecule has 2 unspecified atom stereocenters. The molecule has 3 heterocycles. The molecule has 2 bridgehead atoms. The van der Waals surface area contributed by atoms with E-state index < -0.39 is 0 Å². The lowest BCUT2D eigenvalue weighted by Crippen LogP contribution is -2.48. The van der Waals surface area contributed by atoms with Gasteiger partial charge in [0.05, 0.1) is 6.10 Å². The van der Waals surface area contributed by atoms with Crippen molar-refractivity contribution in [2.45, 2.75) is 43.9 Å². The second-order valence-electron chi connectivity index (χ2n) is 5.33. The van der Waals surface area contributed by atoms with Crippen LogP contribution in [0.25, 0.3) is 0 Å². The summed E-state index contributed by atoms with van der Waals surface area (Å²) in [6.07, 6.45) is 2.96. The van der Waals surface area contributed by atoms with Gasteiger partial charge in [-0.1, -0.05) is 11.6 Å². The molecule has 2 atom stereocenters. The second-order valence-corrected chi connectivity index (χ2v) is 5.71. The zero-order valence-corrected chi connectivity index (χ0v) is 11.2. The molecule has 1 aromatic heterocycles. The number of aromatic nitrogens is 1. The Morgan fingerprint density at radius 2 is 2.00 bits per heavy atom. The van der Waals surface area contributed by atoms with Crippen LogP contribution < -0.4 is 5.73 Å². The number of carbonyl (C=O) groups excluding carboxylic acids is 1. The van der Waals surface area contributed by atoms with E-state index in [1.54, 1.807) is 12.1 Å². The summed E-state index contributed by atoms with van der Waals surface area (Å²) in [5.74, 6) is 0.190. The molecule has 6 heteroatoms. The van der Waals surface area contributed by atoms with Gasteiger partial charge in [-0.2, -0.15) is 0 Å². The maximum Gasteiger partial charge on any atom is 0.254 e. The minimum atomic E-state index is -0.285. The first-order valence-electron chi connectivity index (χ1n) is 6.48. The fourth-order valence-corrected chi connectivity index (χ4v) is 3.48. The van der Waals surface area contributed by atoms with Crippen molar-refractivity contribution in [2.24, 2.45) is 0 Å². The maximum absolute atomic E-state index is 12.6. The van der Waals surface area contributed by atoms with Crippen molar-refractivity contribution >= 4 is 23.3 Å². The van der Waals surface area contributed by atoms with Crippen LogP contribution >= 0.6 is 11.6 Å². The van der Waals surface area contributed by atoms with Crippen molar-refractivity contribution < 1.29 is 9.90 Å². The summed E-state index contributed by atoms with van der Waals surface area (Å²) in [6.45, 7) is 0. The van der Waals surface area contributed by atoms with Gasteiger partial charge in [-0.25, -0.2) is 4.98 Å². The molecule has 0 saturated carbocycles. The van der Waals surface area contributed by atoms with Gasteiger partial charge in [0, 0.05) is 17.6 Å². The summed E-state index contributed by atoms with van der Waals surface area (Å²) in [5.41, 5.74) is 6.11.